The number of rotatable bonds is 4. The van der Waals surface area contributed by atoms with Crippen molar-refractivity contribution in [3.8, 4) is 0 Å². The molecule has 0 unspecified atom stereocenters. The molecule has 5 nitrogen and oxygen atoms in total. The molecular weight excluding hydrogens is 202 g/mol. The van der Waals surface area contributed by atoms with E-state index in [4.69, 9.17) is 0 Å². The lowest BCUT2D eigenvalue weighted by molar-refractivity contribution is 0.660. The fourth-order valence-corrected chi connectivity index (χ4v) is 1.65. The maximum Gasteiger partial charge on any atom is 0.0729 e. The number of aromatic nitrogens is 4. The Kier molecular flexibility index (Phi) is 2.94. The maximum atomic E-state index is 4.21. The summed E-state index contributed by atoms with van der Waals surface area (Å²) in [5.41, 5.74) is 4.44. The van der Waals surface area contributed by atoms with Gasteiger partial charge in [0.05, 0.1) is 17.6 Å². The van der Waals surface area contributed by atoms with Crippen molar-refractivity contribution >= 4 is 5.69 Å². The van der Waals surface area contributed by atoms with Crippen LogP contribution in [0.2, 0.25) is 0 Å². The van der Waals surface area contributed by atoms with Gasteiger partial charge in [0.1, 0.15) is 0 Å². The highest BCUT2D eigenvalue weighted by Crippen LogP contribution is 2.12. The molecule has 16 heavy (non-hydrogen) atoms. The lowest BCUT2D eigenvalue weighted by atomic mass is 10.2. The van der Waals surface area contributed by atoms with Crippen LogP contribution in [0.5, 0.6) is 0 Å². The van der Waals surface area contributed by atoms with Gasteiger partial charge >= 0.3 is 0 Å². The van der Waals surface area contributed by atoms with E-state index in [1.54, 1.807) is 0 Å². The molecule has 0 spiro atoms. The number of nitrogens with one attached hydrogen (secondary N) is 2. The molecule has 0 aliphatic rings. The van der Waals surface area contributed by atoms with Gasteiger partial charge in [-0.25, -0.2) is 0 Å². The van der Waals surface area contributed by atoms with Crippen molar-refractivity contribution in [3.63, 3.8) is 0 Å². The van der Waals surface area contributed by atoms with Crippen molar-refractivity contribution in [2.75, 3.05) is 5.32 Å². The Balaban J connectivity index is 2.02. The van der Waals surface area contributed by atoms with Crippen molar-refractivity contribution in [1.29, 1.82) is 0 Å². The number of nitrogens with zero attached hydrogens (tertiary/aromatic N) is 3. The number of hydrogen-bond donors (Lipinski definition) is 2. The lowest BCUT2D eigenvalue weighted by Gasteiger charge is -2.03. The Bertz CT molecular complexity index is 449. The van der Waals surface area contributed by atoms with Crippen LogP contribution in [0, 0.1) is 13.8 Å². The smallest absolute Gasteiger partial charge is 0.0729 e. The van der Waals surface area contributed by atoms with Crippen molar-refractivity contribution in [2.24, 2.45) is 0 Å². The largest absolute Gasteiger partial charge is 0.378 e. The molecule has 2 N–H and O–H groups in total. The standard InChI is InChI=1S/C11H17N5/c1-4-16-7-10(5-13-16)12-6-11-8(2)14-15-9(11)3/h5,7,12H,4,6H2,1-3H3,(H,14,15). The van der Waals surface area contributed by atoms with E-state index in [-0.39, 0.29) is 0 Å². The second kappa shape index (κ2) is 4.38. The Morgan fingerprint density at radius 3 is 2.81 bits per heavy atom. The molecule has 0 aromatic carbocycles. The fourth-order valence-electron chi connectivity index (χ4n) is 1.65. The zero-order chi connectivity index (χ0) is 11.5. The molecule has 0 saturated carbocycles. The Morgan fingerprint density at radius 1 is 1.44 bits per heavy atom. The first kappa shape index (κ1) is 10.7. The predicted octanol–water partition coefficient (Wildman–Crippen LogP) is 1.86. The minimum absolute atomic E-state index is 0.781. The zero-order valence-electron chi connectivity index (χ0n) is 9.91. The van der Waals surface area contributed by atoms with Gasteiger partial charge in [-0.05, 0) is 20.8 Å². The van der Waals surface area contributed by atoms with Gasteiger partial charge in [-0.15, -0.1) is 0 Å². The SMILES string of the molecule is CCn1cc(NCc2c(C)n[nH]c2C)cn1. The first-order chi connectivity index (χ1) is 7.70. The van der Waals surface area contributed by atoms with Crippen LogP contribution in [-0.4, -0.2) is 20.0 Å². The Morgan fingerprint density at radius 2 is 2.25 bits per heavy atom. The summed E-state index contributed by atoms with van der Waals surface area (Å²) in [7, 11) is 0. The highest BCUT2D eigenvalue weighted by molar-refractivity contribution is 5.40. The molecule has 0 atom stereocenters. The van der Waals surface area contributed by atoms with Gasteiger partial charge < -0.3 is 5.32 Å². The third kappa shape index (κ3) is 2.08. The van der Waals surface area contributed by atoms with Crippen LogP contribution < -0.4 is 5.32 Å². The van der Waals surface area contributed by atoms with E-state index < -0.39 is 0 Å². The minimum atomic E-state index is 0.781. The summed E-state index contributed by atoms with van der Waals surface area (Å²) in [6.45, 7) is 7.79. The summed E-state index contributed by atoms with van der Waals surface area (Å²) >= 11 is 0. The summed E-state index contributed by atoms with van der Waals surface area (Å²) in [5.74, 6) is 0. The molecule has 5 heteroatoms. The van der Waals surface area contributed by atoms with Crippen LogP contribution in [0.3, 0.4) is 0 Å². The summed E-state index contributed by atoms with van der Waals surface area (Å²) in [6, 6.07) is 0. The topological polar surface area (TPSA) is 58.5 Å². The van der Waals surface area contributed by atoms with Crippen molar-refractivity contribution in [1.82, 2.24) is 20.0 Å². The third-order valence-corrected chi connectivity index (χ3v) is 2.71. The number of aryl methyl sites for hydroxylation is 3. The summed E-state index contributed by atoms with van der Waals surface area (Å²) < 4.78 is 1.90. The molecule has 2 aromatic heterocycles. The van der Waals surface area contributed by atoms with E-state index in [9.17, 15) is 0 Å². The molecule has 0 amide bonds. The van der Waals surface area contributed by atoms with Gasteiger partial charge in [-0.1, -0.05) is 0 Å². The molecule has 2 rings (SSSR count). The van der Waals surface area contributed by atoms with Crippen LogP contribution in [0.4, 0.5) is 5.69 Å². The quantitative estimate of drug-likeness (QED) is 0.825. The van der Waals surface area contributed by atoms with Crippen molar-refractivity contribution in [3.05, 3.63) is 29.3 Å². The van der Waals surface area contributed by atoms with Gasteiger partial charge in [0.2, 0.25) is 0 Å². The third-order valence-electron chi connectivity index (χ3n) is 2.71. The summed E-state index contributed by atoms with van der Waals surface area (Å²) in [5, 5.41) is 14.7. The minimum Gasteiger partial charge on any atom is -0.378 e. The van der Waals surface area contributed by atoms with Crippen molar-refractivity contribution < 1.29 is 0 Å². The monoisotopic (exact) mass is 219 g/mol. The fraction of sp³-hybridized carbons (Fsp3) is 0.455. The number of anilines is 1. The molecular formula is C11H17N5. The van der Waals surface area contributed by atoms with Crippen LogP contribution in [0.15, 0.2) is 12.4 Å². The Labute approximate surface area is 94.9 Å². The molecule has 0 radical (unpaired) electrons. The van der Waals surface area contributed by atoms with Crippen molar-refractivity contribution in [2.45, 2.75) is 33.9 Å². The predicted molar refractivity (Wildman–Crippen MR) is 63.3 cm³/mol. The maximum absolute atomic E-state index is 4.21. The second-order valence-corrected chi connectivity index (χ2v) is 3.85. The lowest BCUT2D eigenvalue weighted by Crippen LogP contribution is -2.00. The highest BCUT2D eigenvalue weighted by atomic mass is 15.3. The molecule has 0 aliphatic heterocycles. The zero-order valence-corrected chi connectivity index (χ0v) is 9.91. The number of H-pyrrole nitrogens is 1. The molecule has 2 heterocycles. The number of hydrogen-bond acceptors (Lipinski definition) is 3. The summed E-state index contributed by atoms with van der Waals surface area (Å²) in [6.07, 6.45) is 3.85. The van der Waals surface area contributed by atoms with Crippen LogP contribution >= 0.6 is 0 Å². The molecule has 86 valence electrons. The normalized spacial score (nSPS) is 10.7. The summed E-state index contributed by atoms with van der Waals surface area (Å²) in [4.78, 5) is 0. The van der Waals surface area contributed by atoms with Gasteiger partial charge in [0, 0.05) is 30.5 Å². The van der Waals surface area contributed by atoms with Crippen LogP contribution in [0.25, 0.3) is 0 Å². The van der Waals surface area contributed by atoms with Gasteiger partial charge in [-0.3, -0.25) is 9.78 Å². The molecule has 2 aromatic rings. The molecule has 0 saturated heterocycles. The highest BCUT2D eigenvalue weighted by Gasteiger charge is 2.06. The van der Waals surface area contributed by atoms with Gasteiger partial charge in [-0.2, -0.15) is 10.2 Å². The number of aromatic amines is 1. The average molecular weight is 219 g/mol. The van der Waals surface area contributed by atoms with E-state index >= 15 is 0 Å². The van der Waals surface area contributed by atoms with Gasteiger partial charge in [0.15, 0.2) is 0 Å². The van der Waals surface area contributed by atoms with E-state index in [0.29, 0.717) is 0 Å². The van der Waals surface area contributed by atoms with Crippen LogP contribution in [0.1, 0.15) is 23.9 Å². The molecule has 0 fully saturated rings. The van der Waals surface area contributed by atoms with E-state index in [1.165, 1.54) is 5.56 Å². The van der Waals surface area contributed by atoms with E-state index in [2.05, 4.69) is 27.5 Å². The average Bonchev–Trinajstić information content (AvgIpc) is 2.85. The molecule has 0 bridgehead atoms. The first-order valence-electron chi connectivity index (χ1n) is 5.47. The Hall–Kier alpha value is -1.78. The van der Waals surface area contributed by atoms with Crippen LogP contribution in [-0.2, 0) is 13.1 Å². The molecule has 0 aliphatic carbocycles. The van der Waals surface area contributed by atoms with Gasteiger partial charge in [0.25, 0.3) is 0 Å². The van der Waals surface area contributed by atoms with E-state index in [0.717, 1.165) is 30.2 Å². The van der Waals surface area contributed by atoms with E-state index in [1.807, 2.05) is 30.9 Å². The second-order valence-electron chi connectivity index (χ2n) is 3.85. The first-order valence-corrected chi connectivity index (χ1v) is 5.47.